The third kappa shape index (κ3) is 4.07. The Kier molecular flexibility index (Phi) is 4.87. The molecule has 1 heterocycles. The van der Waals surface area contributed by atoms with E-state index in [4.69, 9.17) is 5.73 Å². The number of thiazole rings is 1. The van der Waals surface area contributed by atoms with Crippen molar-refractivity contribution in [1.82, 2.24) is 4.98 Å². The van der Waals surface area contributed by atoms with Gasteiger partial charge in [-0.3, -0.25) is 4.79 Å². The Balaban J connectivity index is 2.59. The second-order valence-corrected chi connectivity index (χ2v) is 6.80. The predicted molar refractivity (Wildman–Crippen MR) is 76.9 cm³/mol. The molecule has 4 nitrogen and oxygen atoms in total. The van der Waals surface area contributed by atoms with E-state index in [2.05, 4.69) is 17.2 Å². The smallest absolute Gasteiger partial charge is 0.227 e. The number of carbonyl (C=O) groups is 1. The summed E-state index contributed by atoms with van der Waals surface area (Å²) < 4.78 is 0. The van der Waals surface area contributed by atoms with E-state index in [1.165, 1.54) is 11.3 Å². The molecule has 102 valence electrons. The highest BCUT2D eigenvalue weighted by Crippen LogP contribution is 2.24. The Hall–Kier alpha value is -0.940. The van der Waals surface area contributed by atoms with Crippen molar-refractivity contribution in [2.24, 2.45) is 11.1 Å². The number of hydrogen-bond donors (Lipinski definition) is 2. The fraction of sp³-hybridized carbons (Fsp3) is 0.692. The number of aromatic nitrogens is 1. The lowest BCUT2D eigenvalue weighted by atomic mass is 9.85. The summed E-state index contributed by atoms with van der Waals surface area (Å²) in [5.74, 6) is -0.0613. The second kappa shape index (κ2) is 5.80. The van der Waals surface area contributed by atoms with Crippen LogP contribution >= 0.6 is 11.3 Å². The predicted octanol–water partition coefficient (Wildman–Crippen LogP) is 2.72. The highest BCUT2D eigenvalue weighted by Gasteiger charge is 2.23. The summed E-state index contributed by atoms with van der Waals surface area (Å²) in [6.07, 6.45) is 1.21. The molecule has 5 heteroatoms. The van der Waals surface area contributed by atoms with Crippen molar-refractivity contribution in [1.29, 1.82) is 0 Å². The van der Waals surface area contributed by atoms with Gasteiger partial charge in [0.05, 0.1) is 5.69 Å². The minimum atomic E-state index is -0.149. The van der Waals surface area contributed by atoms with Gasteiger partial charge in [0, 0.05) is 17.3 Å². The quantitative estimate of drug-likeness (QED) is 0.883. The standard InChI is InChI=1S/C13H23N3OS/c1-6-9-8(2)18-12(15-9)16-11(17)7-10(14)13(3,4)5/h10H,6-7,14H2,1-5H3,(H,15,16,17). The average molecular weight is 269 g/mol. The van der Waals surface area contributed by atoms with Crippen LogP contribution in [-0.2, 0) is 11.2 Å². The number of anilines is 1. The lowest BCUT2D eigenvalue weighted by Crippen LogP contribution is -2.38. The van der Waals surface area contributed by atoms with Crippen LogP contribution in [-0.4, -0.2) is 16.9 Å². The summed E-state index contributed by atoms with van der Waals surface area (Å²) in [5, 5.41) is 3.51. The molecule has 0 aliphatic rings. The zero-order chi connectivity index (χ0) is 13.9. The number of nitrogens with zero attached hydrogens (tertiary/aromatic N) is 1. The minimum absolute atomic E-state index is 0.0613. The Morgan fingerprint density at radius 2 is 2.11 bits per heavy atom. The molecule has 1 aromatic rings. The number of nitrogens with one attached hydrogen (secondary N) is 1. The molecule has 3 N–H and O–H groups in total. The Labute approximate surface area is 113 Å². The molecule has 0 saturated carbocycles. The zero-order valence-corrected chi connectivity index (χ0v) is 12.6. The first-order valence-electron chi connectivity index (χ1n) is 6.25. The molecule has 1 unspecified atom stereocenters. The van der Waals surface area contributed by atoms with E-state index in [0.717, 1.165) is 17.0 Å². The van der Waals surface area contributed by atoms with Gasteiger partial charge in [0.1, 0.15) is 0 Å². The van der Waals surface area contributed by atoms with Gasteiger partial charge in [0.15, 0.2) is 5.13 Å². The normalized spacial score (nSPS) is 13.4. The number of amides is 1. The molecule has 0 radical (unpaired) electrons. The van der Waals surface area contributed by atoms with Crippen molar-refractivity contribution < 1.29 is 4.79 Å². The number of rotatable bonds is 4. The maximum atomic E-state index is 11.9. The Morgan fingerprint density at radius 1 is 1.50 bits per heavy atom. The summed E-state index contributed by atoms with van der Waals surface area (Å²) in [7, 11) is 0. The van der Waals surface area contributed by atoms with Gasteiger partial charge in [-0.05, 0) is 18.8 Å². The van der Waals surface area contributed by atoms with Gasteiger partial charge < -0.3 is 11.1 Å². The van der Waals surface area contributed by atoms with E-state index in [9.17, 15) is 4.79 Å². The lowest BCUT2D eigenvalue weighted by Gasteiger charge is -2.26. The van der Waals surface area contributed by atoms with E-state index in [1.54, 1.807) is 0 Å². The molecule has 18 heavy (non-hydrogen) atoms. The van der Waals surface area contributed by atoms with Crippen LogP contribution in [0.5, 0.6) is 0 Å². The van der Waals surface area contributed by atoms with Gasteiger partial charge in [-0.2, -0.15) is 0 Å². The van der Waals surface area contributed by atoms with Crippen LogP contribution in [0, 0.1) is 12.3 Å². The molecule has 0 aliphatic carbocycles. The molecule has 0 spiro atoms. The lowest BCUT2D eigenvalue weighted by molar-refractivity contribution is -0.117. The van der Waals surface area contributed by atoms with Crippen LogP contribution in [0.4, 0.5) is 5.13 Å². The first-order chi connectivity index (χ1) is 8.24. The van der Waals surface area contributed by atoms with Crippen molar-refractivity contribution in [3.63, 3.8) is 0 Å². The fourth-order valence-corrected chi connectivity index (χ4v) is 2.40. The first kappa shape index (κ1) is 15.1. The summed E-state index contributed by atoms with van der Waals surface area (Å²) >= 11 is 1.52. The van der Waals surface area contributed by atoms with Crippen molar-refractivity contribution in [2.75, 3.05) is 5.32 Å². The van der Waals surface area contributed by atoms with Gasteiger partial charge in [-0.25, -0.2) is 4.98 Å². The number of carbonyl (C=O) groups excluding carboxylic acids is 1. The molecule has 0 bridgehead atoms. The summed E-state index contributed by atoms with van der Waals surface area (Å²) in [5.41, 5.74) is 6.98. The van der Waals surface area contributed by atoms with E-state index in [-0.39, 0.29) is 17.4 Å². The van der Waals surface area contributed by atoms with Crippen molar-refractivity contribution >= 4 is 22.4 Å². The van der Waals surface area contributed by atoms with Crippen LogP contribution in [0.25, 0.3) is 0 Å². The highest BCUT2D eigenvalue weighted by molar-refractivity contribution is 7.15. The second-order valence-electron chi connectivity index (χ2n) is 5.60. The van der Waals surface area contributed by atoms with Crippen molar-refractivity contribution in [2.45, 2.75) is 53.5 Å². The molecule has 0 aromatic carbocycles. The van der Waals surface area contributed by atoms with Gasteiger partial charge >= 0.3 is 0 Å². The summed E-state index contributed by atoms with van der Waals surface area (Å²) in [6.45, 7) is 10.2. The molecule has 0 fully saturated rings. The first-order valence-corrected chi connectivity index (χ1v) is 7.07. The number of nitrogens with two attached hydrogens (primary N) is 1. The largest absolute Gasteiger partial charge is 0.327 e. The van der Waals surface area contributed by atoms with Crippen LogP contribution in [0.2, 0.25) is 0 Å². The molecule has 0 saturated heterocycles. The molecule has 0 aliphatic heterocycles. The number of aryl methyl sites for hydroxylation is 2. The van der Waals surface area contributed by atoms with E-state index in [0.29, 0.717) is 11.6 Å². The maximum absolute atomic E-state index is 11.9. The molecular weight excluding hydrogens is 246 g/mol. The van der Waals surface area contributed by atoms with Crippen molar-refractivity contribution in [3.8, 4) is 0 Å². The van der Waals surface area contributed by atoms with Crippen LogP contribution < -0.4 is 11.1 Å². The molecule has 1 atom stereocenters. The van der Waals surface area contributed by atoms with Crippen LogP contribution in [0.3, 0.4) is 0 Å². The minimum Gasteiger partial charge on any atom is -0.327 e. The molecule has 1 rings (SSSR count). The van der Waals surface area contributed by atoms with Crippen LogP contribution in [0.1, 0.15) is 44.7 Å². The number of hydrogen-bond acceptors (Lipinski definition) is 4. The Morgan fingerprint density at radius 3 is 2.56 bits per heavy atom. The fourth-order valence-electron chi connectivity index (χ4n) is 1.49. The summed E-state index contributed by atoms with van der Waals surface area (Å²) in [4.78, 5) is 17.4. The average Bonchev–Trinajstić information content (AvgIpc) is 2.56. The Bertz CT molecular complexity index is 420. The molecule has 1 amide bonds. The summed E-state index contributed by atoms with van der Waals surface area (Å²) in [6, 6.07) is -0.149. The van der Waals surface area contributed by atoms with Gasteiger partial charge in [0.25, 0.3) is 0 Å². The highest BCUT2D eigenvalue weighted by atomic mass is 32.1. The monoisotopic (exact) mass is 269 g/mol. The van der Waals surface area contributed by atoms with E-state index < -0.39 is 0 Å². The van der Waals surface area contributed by atoms with E-state index >= 15 is 0 Å². The topological polar surface area (TPSA) is 68.0 Å². The van der Waals surface area contributed by atoms with Gasteiger partial charge in [0.2, 0.25) is 5.91 Å². The maximum Gasteiger partial charge on any atom is 0.227 e. The molecule has 1 aromatic heterocycles. The van der Waals surface area contributed by atoms with Crippen LogP contribution in [0.15, 0.2) is 0 Å². The zero-order valence-electron chi connectivity index (χ0n) is 11.8. The van der Waals surface area contributed by atoms with Crippen molar-refractivity contribution in [3.05, 3.63) is 10.6 Å². The SMILES string of the molecule is CCc1nc(NC(=O)CC(N)C(C)(C)C)sc1C. The van der Waals surface area contributed by atoms with Gasteiger partial charge in [-0.1, -0.05) is 27.7 Å². The third-order valence-corrected chi connectivity index (χ3v) is 3.92. The van der Waals surface area contributed by atoms with Gasteiger partial charge in [-0.15, -0.1) is 11.3 Å². The molecular formula is C13H23N3OS. The third-order valence-electron chi connectivity index (χ3n) is 2.99. The van der Waals surface area contributed by atoms with E-state index in [1.807, 2.05) is 27.7 Å².